The van der Waals surface area contributed by atoms with Crippen molar-refractivity contribution in [1.82, 2.24) is 9.78 Å². The Labute approximate surface area is 89.0 Å². The molecule has 0 aliphatic rings. The smallest absolute Gasteiger partial charge is 0.210 e. The fourth-order valence-corrected chi connectivity index (χ4v) is 1.38. The maximum atomic E-state index is 11.7. The lowest BCUT2D eigenvalue weighted by Gasteiger charge is -2.06. The van der Waals surface area contributed by atoms with Crippen molar-refractivity contribution in [3.05, 3.63) is 11.9 Å². The predicted octanol–water partition coefficient (Wildman–Crippen LogP) is 1.13. The first kappa shape index (κ1) is 11.7. The van der Waals surface area contributed by atoms with Gasteiger partial charge in [0, 0.05) is 13.7 Å². The minimum Gasteiger partial charge on any atom is -0.493 e. The molecule has 0 aromatic carbocycles. The summed E-state index contributed by atoms with van der Waals surface area (Å²) in [5.41, 5.74) is 0.487. The van der Waals surface area contributed by atoms with Crippen molar-refractivity contribution in [2.45, 2.75) is 19.9 Å². The molecule has 0 saturated carbocycles. The first-order valence-corrected chi connectivity index (χ1v) is 4.86. The molecule has 15 heavy (non-hydrogen) atoms. The number of aryl methyl sites for hydroxylation is 1. The standard InChI is InChI=1S/C10H16N2O3/c1-4-5-12-10(8(13)7-14-2)9(15-3)6-11-12/h6H,4-5,7H2,1-3H3. The molecule has 0 fully saturated rings. The molecule has 0 amide bonds. The van der Waals surface area contributed by atoms with E-state index >= 15 is 0 Å². The number of ether oxygens (including phenoxy) is 2. The SMILES string of the molecule is CCCn1ncc(OC)c1C(=O)COC. The number of aromatic nitrogens is 2. The average Bonchev–Trinajstić information content (AvgIpc) is 2.62. The number of rotatable bonds is 6. The molecule has 0 atom stereocenters. The van der Waals surface area contributed by atoms with Crippen LogP contribution in [0.1, 0.15) is 23.8 Å². The van der Waals surface area contributed by atoms with Gasteiger partial charge in [0.1, 0.15) is 12.3 Å². The lowest BCUT2D eigenvalue weighted by atomic mass is 10.2. The summed E-state index contributed by atoms with van der Waals surface area (Å²) >= 11 is 0. The van der Waals surface area contributed by atoms with E-state index in [9.17, 15) is 4.79 Å². The third kappa shape index (κ3) is 2.56. The Kier molecular flexibility index (Phi) is 4.30. The Bertz CT molecular complexity index is 333. The topological polar surface area (TPSA) is 53.4 Å². The zero-order chi connectivity index (χ0) is 11.3. The third-order valence-corrected chi connectivity index (χ3v) is 2.00. The van der Waals surface area contributed by atoms with Crippen molar-refractivity contribution < 1.29 is 14.3 Å². The highest BCUT2D eigenvalue weighted by molar-refractivity contribution is 5.97. The molecule has 5 heteroatoms. The first-order chi connectivity index (χ1) is 7.24. The molecule has 1 aromatic rings. The monoisotopic (exact) mass is 212 g/mol. The van der Waals surface area contributed by atoms with Crippen molar-refractivity contribution in [2.24, 2.45) is 0 Å². The van der Waals surface area contributed by atoms with E-state index in [-0.39, 0.29) is 12.4 Å². The second-order valence-corrected chi connectivity index (χ2v) is 3.14. The van der Waals surface area contributed by atoms with E-state index in [1.807, 2.05) is 6.92 Å². The van der Waals surface area contributed by atoms with E-state index in [1.54, 1.807) is 10.9 Å². The van der Waals surface area contributed by atoms with E-state index in [4.69, 9.17) is 9.47 Å². The Hall–Kier alpha value is -1.36. The summed E-state index contributed by atoms with van der Waals surface area (Å²) in [6.07, 6.45) is 2.47. The van der Waals surface area contributed by atoms with Gasteiger partial charge in [-0.1, -0.05) is 6.92 Å². The molecule has 1 rings (SSSR count). The lowest BCUT2D eigenvalue weighted by molar-refractivity contribution is 0.0833. The van der Waals surface area contributed by atoms with Gasteiger partial charge in [-0.05, 0) is 6.42 Å². The van der Waals surface area contributed by atoms with E-state index in [2.05, 4.69) is 5.10 Å². The summed E-state index contributed by atoms with van der Waals surface area (Å²) in [5.74, 6) is 0.394. The van der Waals surface area contributed by atoms with Crippen LogP contribution in [-0.4, -0.2) is 36.4 Å². The quantitative estimate of drug-likeness (QED) is 0.663. The fraction of sp³-hybridized carbons (Fsp3) is 0.600. The van der Waals surface area contributed by atoms with E-state index in [1.165, 1.54) is 14.2 Å². The molecule has 1 aromatic heterocycles. The number of carbonyl (C=O) groups is 1. The van der Waals surface area contributed by atoms with Crippen molar-refractivity contribution in [3.63, 3.8) is 0 Å². The number of hydrogen-bond donors (Lipinski definition) is 0. The predicted molar refractivity (Wildman–Crippen MR) is 55.3 cm³/mol. The Morgan fingerprint density at radius 3 is 2.80 bits per heavy atom. The first-order valence-electron chi connectivity index (χ1n) is 4.86. The number of methoxy groups -OCH3 is 2. The van der Waals surface area contributed by atoms with Gasteiger partial charge in [-0.2, -0.15) is 5.10 Å². The molecule has 0 N–H and O–H groups in total. The van der Waals surface area contributed by atoms with Crippen LogP contribution in [0.5, 0.6) is 5.75 Å². The van der Waals surface area contributed by atoms with Crippen molar-refractivity contribution in [2.75, 3.05) is 20.8 Å². The lowest BCUT2D eigenvalue weighted by Crippen LogP contribution is -2.15. The molecule has 1 heterocycles. The van der Waals surface area contributed by atoms with Gasteiger partial charge in [0.05, 0.1) is 13.3 Å². The summed E-state index contributed by atoms with van der Waals surface area (Å²) in [7, 11) is 3.02. The summed E-state index contributed by atoms with van der Waals surface area (Å²) in [4.78, 5) is 11.7. The molecule has 84 valence electrons. The number of Topliss-reactive ketones (excluding diaryl/α,β-unsaturated/α-hetero) is 1. The molecule has 0 unspecified atom stereocenters. The zero-order valence-electron chi connectivity index (χ0n) is 9.32. The number of hydrogen-bond acceptors (Lipinski definition) is 4. The van der Waals surface area contributed by atoms with Gasteiger partial charge in [-0.15, -0.1) is 0 Å². The van der Waals surface area contributed by atoms with Crippen LogP contribution < -0.4 is 4.74 Å². The highest BCUT2D eigenvalue weighted by Gasteiger charge is 2.18. The Morgan fingerprint density at radius 1 is 1.53 bits per heavy atom. The maximum Gasteiger partial charge on any atom is 0.210 e. The van der Waals surface area contributed by atoms with Crippen LogP contribution in [0.25, 0.3) is 0 Å². The maximum absolute atomic E-state index is 11.7. The second-order valence-electron chi connectivity index (χ2n) is 3.14. The highest BCUT2D eigenvalue weighted by Crippen LogP contribution is 2.18. The van der Waals surface area contributed by atoms with Crippen LogP contribution in [-0.2, 0) is 11.3 Å². The summed E-state index contributed by atoms with van der Waals surface area (Å²) in [5, 5.41) is 4.10. The van der Waals surface area contributed by atoms with E-state index < -0.39 is 0 Å². The number of ketones is 1. The van der Waals surface area contributed by atoms with Crippen LogP contribution in [0.3, 0.4) is 0 Å². The number of carbonyl (C=O) groups excluding carboxylic acids is 1. The minimum absolute atomic E-state index is 0.0474. The fourth-order valence-electron chi connectivity index (χ4n) is 1.38. The number of nitrogens with zero attached hydrogens (tertiary/aromatic N) is 2. The molecule has 0 saturated heterocycles. The zero-order valence-corrected chi connectivity index (χ0v) is 9.32. The Balaban J connectivity index is 2.98. The van der Waals surface area contributed by atoms with Gasteiger partial charge in [-0.3, -0.25) is 9.48 Å². The van der Waals surface area contributed by atoms with Crippen molar-refractivity contribution in [1.29, 1.82) is 0 Å². The second kappa shape index (κ2) is 5.50. The molecule has 0 aliphatic carbocycles. The molecular formula is C10H16N2O3. The average molecular weight is 212 g/mol. The summed E-state index contributed by atoms with van der Waals surface area (Å²) in [6, 6.07) is 0. The van der Waals surface area contributed by atoms with Crippen LogP contribution in [0.2, 0.25) is 0 Å². The van der Waals surface area contributed by atoms with Crippen molar-refractivity contribution >= 4 is 5.78 Å². The van der Waals surface area contributed by atoms with Crippen LogP contribution >= 0.6 is 0 Å². The van der Waals surface area contributed by atoms with Gasteiger partial charge >= 0.3 is 0 Å². The Morgan fingerprint density at radius 2 is 2.27 bits per heavy atom. The van der Waals surface area contributed by atoms with Gasteiger partial charge < -0.3 is 9.47 Å². The van der Waals surface area contributed by atoms with Gasteiger partial charge in [0.15, 0.2) is 5.75 Å². The van der Waals surface area contributed by atoms with E-state index in [0.717, 1.165) is 6.42 Å². The van der Waals surface area contributed by atoms with Crippen LogP contribution in [0.4, 0.5) is 0 Å². The molecular weight excluding hydrogens is 196 g/mol. The third-order valence-electron chi connectivity index (χ3n) is 2.00. The largest absolute Gasteiger partial charge is 0.493 e. The molecule has 0 spiro atoms. The van der Waals surface area contributed by atoms with Crippen molar-refractivity contribution in [3.8, 4) is 5.75 Å². The van der Waals surface area contributed by atoms with Crippen LogP contribution in [0, 0.1) is 0 Å². The van der Waals surface area contributed by atoms with Crippen LogP contribution in [0.15, 0.2) is 6.20 Å². The highest BCUT2D eigenvalue weighted by atomic mass is 16.5. The summed E-state index contributed by atoms with van der Waals surface area (Å²) < 4.78 is 11.5. The molecule has 5 nitrogen and oxygen atoms in total. The van der Waals surface area contributed by atoms with Gasteiger partial charge in [-0.25, -0.2) is 0 Å². The van der Waals surface area contributed by atoms with Gasteiger partial charge in [0.25, 0.3) is 0 Å². The molecule has 0 aliphatic heterocycles. The van der Waals surface area contributed by atoms with Gasteiger partial charge in [0.2, 0.25) is 5.78 Å². The summed E-state index contributed by atoms with van der Waals surface area (Å²) in [6.45, 7) is 2.78. The normalized spacial score (nSPS) is 10.3. The molecule has 0 bridgehead atoms. The van der Waals surface area contributed by atoms with E-state index in [0.29, 0.717) is 18.0 Å². The minimum atomic E-state index is -0.111. The molecule has 0 radical (unpaired) electrons.